The summed E-state index contributed by atoms with van der Waals surface area (Å²) in [6, 6.07) is 5.28. The molecule has 2 N–H and O–H groups in total. The van der Waals surface area contributed by atoms with E-state index in [2.05, 4.69) is 0 Å². The number of furan rings is 1. The van der Waals surface area contributed by atoms with Gasteiger partial charge in [0.25, 0.3) is 0 Å². The zero-order valence-corrected chi connectivity index (χ0v) is 12.3. The number of hydrogen-bond acceptors (Lipinski definition) is 6. The molecule has 0 spiro atoms. The summed E-state index contributed by atoms with van der Waals surface area (Å²) in [6.07, 6.45) is 1.59. The molecule has 0 bridgehead atoms. The average Bonchev–Trinajstić information content (AvgIpc) is 2.99. The zero-order chi connectivity index (χ0) is 15.2. The quantitative estimate of drug-likeness (QED) is 0.844. The summed E-state index contributed by atoms with van der Waals surface area (Å²) in [5.41, 5.74) is 6.54. The van der Waals surface area contributed by atoms with Crippen molar-refractivity contribution in [2.24, 2.45) is 5.73 Å². The first-order valence-electron chi connectivity index (χ1n) is 6.41. The van der Waals surface area contributed by atoms with Crippen LogP contribution in [-0.4, -0.2) is 21.3 Å². The Labute approximate surface area is 123 Å². The maximum atomic E-state index is 5.71. The molecule has 0 aliphatic carbocycles. The van der Waals surface area contributed by atoms with Crippen LogP contribution in [0.25, 0.3) is 0 Å². The third-order valence-electron chi connectivity index (χ3n) is 3.07. The van der Waals surface area contributed by atoms with Crippen molar-refractivity contribution < 1.29 is 23.4 Å². The van der Waals surface area contributed by atoms with Gasteiger partial charge >= 0.3 is 0 Å². The minimum absolute atomic E-state index is 0.276. The summed E-state index contributed by atoms with van der Waals surface area (Å²) in [7, 11) is 4.66. The van der Waals surface area contributed by atoms with E-state index in [9.17, 15) is 0 Å². The molecule has 0 aliphatic heterocycles. The Hall–Kier alpha value is -2.34. The van der Waals surface area contributed by atoms with Crippen molar-refractivity contribution in [1.29, 1.82) is 0 Å². The maximum absolute atomic E-state index is 5.71. The van der Waals surface area contributed by atoms with Crippen molar-refractivity contribution in [3.05, 3.63) is 35.8 Å². The Kier molecular flexibility index (Phi) is 4.94. The van der Waals surface area contributed by atoms with E-state index in [-0.39, 0.29) is 6.61 Å². The highest BCUT2D eigenvalue weighted by Gasteiger charge is 2.14. The molecule has 21 heavy (non-hydrogen) atoms. The smallest absolute Gasteiger partial charge is 0.203 e. The second-order valence-electron chi connectivity index (χ2n) is 4.22. The molecule has 1 aromatic carbocycles. The molecule has 0 fully saturated rings. The van der Waals surface area contributed by atoms with Gasteiger partial charge in [-0.15, -0.1) is 0 Å². The summed E-state index contributed by atoms with van der Waals surface area (Å²) >= 11 is 0. The molecule has 0 unspecified atom stereocenters. The minimum Gasteiger partial charge on any atom is -0.493 e. The van der Waals surface area contributed by atoms with Gasteiger partial charge in [0.2, 0.25) is 5.75 Å². The number of rotatable bonds is 7. The van der Waals surface area contributed by atoms with Crippen molar-refractivity contribution in [1.82, 2.24) is 0 Å². The van der Waals surface area contributed by atoms with Gasteiger partial charge in [-0.3, -0.25) is 0 Å². The third-order valence-corrected chi connectivity index (χ3v) is 3.07. The Morgan fingerprint density at radius 2 is 1.71 bits per heavy atom. The molecule has 0 atom stereocenters. The summed E-state index contributed by atoms with van der Waals surface area (Å²) < 4.78 is 26.9. The predicted octanol–water partition coefficient (Wildman–Crippen LogP) is 2.34. The highest BCUT2D eigenvalue weighted by molar-refractivity contribution is 5.55. The number of nitrogens with two attached hydrogens (primary N) is 1. The van der Waals surface area contributed by atoms with Gasteiger partial charge in [-0.2, -0.15) is 0 Å². The van der Waals surface area contributed by atoms with Crippen LogP contribution in [0, 0.1) is 0 Å². The molecule has 6 heteroatoms. The van der Waals surface area contributed by atoms with E-state index in [4.69, 9.17) is 29.1 Å². The van der Waals surface area contributed by atoms with E-state index in [1.54, 1.807) is 39.7 Å². The van der Waals surface area contributed by atoms with Crippen LogP contribution in [0.5, 0.6) is 23.0 Å². The van der Waals surface area contributed by atoms with Gasteiger partial charge in [0, 0.05) is 24.2 Å². The molecule has 1 aromatic heterocycles. The van der Waals surface area contributed by atoms with Crippen molar-refractivity contribution in [3.63, 3.8) is 0 Å². The van der Waals surface area contributed by atoms with Gasteiger partial charge in [0.05, 0.1) is 27.6 Å². The fourth-order valence-corrected chi connectivity index (χ4v) is 1.96. The lowest BCUT2D eigenvalue weighted by Gasteiger charge is -2.14. The van der Waals surface area contributed by atoms with E-state index in [1.807, 2.05) is 6.07 Å². The SMILES string of the molecule is COc1cc(OCc2occc2CN)cc(OC)c1OC. The minimum atomic E-state index is 0.276. The summed E-state index contributed by atoms with van der Waals surface area (Å²) in [5, 5.41) is 0. The molecule has 0 saturated heterocycles. The monoisotopic (exact) mass is 293 g/mol. The van der Waals surface area contributed by atoms with Gasteiger partial charge in [0.15, 0.2) is 11.5 Å². The maximum Gasteiger partial charge on any atom is 0.203 e. The second kappa shape index (κ2) is 6.90. The van der Waals surface area contributed by atoms with E-state index in [0.717, 1.165) is 5.56 Å². The van der Waals surface area contributed by atoms with Crippen LogP contribution in [0.15, 0.2) is 28.9 Å². The summed E-state index contributed by atoms with van der Waals surface area (Å²) in [5.74, 6) is 2.87. The van der Waals surface area contributed by atoms with Crippen molar-refractivity contribution in [2.45, 2.75) is 13.2 Å². The van der Waals surface area contributed by atoms with Crippen LogP contribution in [-0.2, 0) is 13.2 Å². The van der Waals surface area contributed by atoms with Gasteiger partial charge in [-0.1, -0.05) is 0 Å². The van der Waals surface area contributed by atoms with E-state index < -0.39 is 0 Å². The highest BCUT2D eigenvalue weighted by Crippen LogP contribution is 2.40. The molecule has 0 aliphatic rings. The van der Waals surface area contributed by atoms with Gasteiger partial charge in [-0.05, 0) is 6.07 Å². The Morgan fingerprint density at radius 1 is 1.05 bits per heavy atom. The first kappa shape index (κ1) is 15.1. The first-order chi connectivity index (χ1) is 10.2. The molecular formula is C15H19NO5. The zero-order valence-electron chi connectivity index (χ0n) is 12.3. The fourth-order valence-electron chi connectivity index (χ4n) is 1.96. The van der Waals surface area contributed by atoms with Crippen molar-refractivity contribution in [2.75, 3.05) is 21.3 Å². The largest absolute Gasteiger partial charge is 0.493 e. The first-order valence-corrected chi connectivity index (χ1v) is 6.41. The van der Waals surface area contributed by atoms with Gasteiger partial charge < -0.3 is 29.1 Å². The topological polar surface area (TPSA) is 76.1 Å². The molecule has 0 saturated carbocycles. The Bertz CT molecular complexity index is 568. The summed E-state index contributed by atoms with van der Waals surface area (Å²) in [6.45, 7) is 0.683. The predicted molar refractivity (Wildman–Crippen MR) is 77.0 cm³/mol. The summed E-state index contributed by atoms with van der Waals surface area (Å²) in [4.78, 5) is 0. The lowest BCUT2D eigenvalue weighted by atomic mass is 10.2. The highest BCUT2D eigenvalue weighted by atomic mass is 16.5. The van der Waals surface area contributed by atoms with Crippen LogP contribution in [0.2, 0.25) is 0 Å². The van der Waals surface area contributed by atoms with Crippen LogP contribution in [0.3, 0.4) is 0 Å². The molecule has 1 heterocycles. The lowest BCUT2D eigenvalue weighted by molar-refractivity contribution is 0.262. The number of hydrogen-bond donors (Lipinski definition) is 1. The van der Waals surface area contributed by atoms with Crippen molar-refractivity contribution in [3.8, 4) is 23.0 Å². The second-order valence-corrected chi connectivity index (χ2v) is 4.22. The third kappa shape index (κ3) is 3.22. The van der Waals surface area contributed by atoms with Crippen LogP contribution < -0.4 is 24.7 Å². The number of ether oxygens (including phenoxy) is 4. The standard InChI is InChI=1S/C15H19NO5/c1-17-12-6-11(7-13(18-2)15(12)19-3)21-9-14-10(8-16)4-5-20-14/h4-7H,8-9,16H2,1-3H3. The van der Waals surface area contributed by atoms with E-state index in [0.29, 0.717) is 35.3 Å². The molecule has 2 aromatic rings. The van der Waals surface area contributed by atoms with Gasteiger partial charge in [0.1, 0.15) is 18.1 Å². The Morgan fingerprint density at radius 3 is 2.24 bits per heavy atom. The van der Waals surface area contributed by atoms with Crippen molar-refractivity contribution >= 4 is 0 Å². The fraction of sp³-hybridized carbons (Fsp3) is 0.333. The normalized spacial score (nSPS) is 10.3. The molecule has 114 valence electrons. The van der Waals surface area contributed by atoms with E-state index >= 15 is 0 Å². The lowest BCUT2D eigenvalue weighted by Crippen LogP contribution is -2.02. The Balaban J connectivity index is 2.20. The average molecular weight is 293 g/mol. The molecule has 0 radical (unpaired) electrons. The molecule has 6 nitrogen and oxygen atoms in total. The van der Waals surface area contributed by atoms with Crippen LogP contribution >= 0.6 is 0 Å². The van der Waals surface area contributed by atoms with Gasteiger partial charge in [-0.25, -0.2) is 0 Å². The van der Waals surface area contributed by atoms with Crippen LogP contribution in [0.1, 0.15) is 11.3 Å². The van der Waals surface area contributed by atoms with E-state index in [1.165, 1.54) is 0 Å². The number of methoxy groups -OCH3 is 3. The molecular weight excluding hydrogens is 274 g/mol. The molecule has 0 amide bonds. The molecule has 2 rings (SSSR count). The van der Waals surface area contributed by atoms with Crippen LogP contribution in [0.4, 0.5) is 0 Å². The number of benzene rings is 1.